The van der Waals surface area contributed by atoms with Crippen molar-refractivity contribution in [3.63, 3.8) is 0 Å². The molecule has 0 aliphatic carbocycles. The van der Waals surface area contributed by atoms with Gasteiger partial charge in [-0.3, -0.25) is 69.0 Å². The summed E-state index contributed by atoms with van der Waals surface area (Å²) in [5, 5.41) is 56.3. The Kier molecular flexibility index (Phi) is 29.3. The SMILES string of the molecule is CC(=O)N[C@@H](CCCNC(=N)N)C(=O)N[C@@H](CCCNC(=N)N)C(=O)NCCCC[C@@H]1NC(=O)[C@H](CN)NC(=O)[C@H](Cc2c[nH]c3ccccc23)NC(=O)[C@H](CCCNC(=N)N)NC(=O)[C@@H](Cc2ccccc2)NC(=O)[C@H](Cc2cnc[nH]2)NC(=O)[C@@H]2CCCN2C(=O)[C@H]2CCCN2C1=O. The average molecular weight is 1390 g/mol. The van der Waals surface area contributed by atoms with Gasteiger partial charge in [-0.05, 0) is 101 Å². The highest BCUT2D eigenvalue weighted by Crippen LogP contribution is 2.27. The lowest BCUT2D eigenvalue weighted by molar-refractivity contribution is -0.148. The third kappa shape index (κ3) is 23.1. The minimum absolute atomic E-state index is 0.00955. The molecule has 3 aliphatic rings. The molecular weight excluding hydrogens is 1290 g/mol. The lowest BCUT2D eigenvalue weighted by Gasteiger charge is -2.34. The van der Waals surface area contributed by atoms with Crippen molar-refractivity contribution in [2.45, 2.75) is 170 Å². The molecule has 2 aromatic heterocycles. The van der Waals surface area contributed by atoms with Gasteiger partial charge in [0.2, 0.25) is 65.0 Å². The number of imidazole rings is 1. The van der Waals surface area contributed by atoms with Crippen LogP contribution in [-0.4, -0.2) is 214 Å². The Morgan fingerprint density at radius 1 is 0.540 bits per heavy atom. The van der Waals surface area contributed by atoms with Crippen molar-refractivity contribution in [2.75, 3.05) is 45.8 Å². The largest absolute Gasteiger partial charge is 0.370 e. The normalized spacial score (nSPS) is 21.8. The van der Waals surface area contributed by atoms with Gasteiger partial charge in [-0.2, -0.15) is 0 Å². The molecule has 3 saturated heterocycles. The zero-order valence-corrected chi connectivity index (χ0v) is 56.1. The molecule has 2 aromatic carbocycles. The molecule has 10 atom stereocenters. The van der Waals surface area contributed by atoms with E-state index in [1.54, 1.807) is 42.6 Å². The summed E-state index contributed by atoms with van der Waals surface area (Å²) in [4.78, 5) is 172. The summed E-state index contributed by atoms with van der Waals surface area (Å²) in [7, 11) is 0. The number of nitrogens with one attached hydrogen (secondary N) is 17. The molecule has 4 aromatic rings. The fourth-order valence-electron chi connectivity index (χ4n) is 12.4. The minimum Gasteiger partial charge on any atom is -0.370 e. The zero-order valence-electron chi connectivity index (χ0n) is 56.1. The molecule has 25 N–H and O–H groups in total. The quantitative estimate of drug-likeness (QED) is 0.0146. The van der Waals surface area contributed by atoms with Crippen molar-refractivity contribution in [3.05, 3.63) is 90.1 Å². The molecule has 0 bridgehead atoms. The number of carbonyl (C=O) groups excluding carboxylic acids is 11. The van der Waals surface area contributed by atoms with Crippen LogP contribution in [0, 0.1) is 16.2 Å². The van der Waals surface area contributed by atoms with Gasteiger partial charge in [0.05, 0.1) is 6.33 Å². The summed E-state index contributed by atoms with van der Waals surface area (Å²) < 4.78 is 0. The fraction of sp³-hybridized carbons (Fsp3) is 0.523. The van der Waals surface area contributed by atoms with E-state index in [1.165, 1.54) is 29.2 Å². The van der Waals surface area contributed by atoms with E-state index in [0.29, 0.717) is 47.0 Å². The van der Waals surface area contributed by atoms with Crippen molar-refractivity contribution in [1.82, 2.24) is 88.6 Å². The van der Waals surface area contributed by atoms with E-state index in [0.717, 1.165) is 0 Å². The second-order valence-corrected chi connectivity index (χ2v) is 25.1. The number of fused-ring (bicyclic) bond motifs is 3. The number of unbranched alkanes of at least 4 members (excludes halogenated alkanes) is 1. The first-order chi connectivity index (χ1) is 48.0. The van der Waals surface area contributed by atoms with Crippen LogP contribution in [-0.2, 0) is 72.0 Å². The Hall–Kier alpha value is -10.9. The van der Waals surface area contributed by atoms with E-state index in [1.807, 2.05) is 18.2 Å². The molecule has 0 spiro atoms. The number of benzene rings is 2. The predicted molar refractivity (Wildman–Crippen MR) is 368 cm³/mol. The number of carbonyl (C=O) groups is 11. The smallest absolute Gasteiger partial charge is 0.246 e. The molecule has 35 heteroatoms. The van der Waals surface area contributed by atoms with Crippen molar-refractivity contribution in [3.8, 4) is 0 Å². The molecule has 542 valence electrons. The summed E-state index contributed by atoms with van der Waals surface area (Å²) in [6, 6.07) is 2.93. The van der Waals surface area contributed by atoms with E-state index >= 15 is 9.59 Å². The standard InChI is InChI=1S/C65H96N24O11/c1-37(90)80-44(20-10-26-76-64(69)70)54(92)81-43(19-9-25-75-63(67)68)53(91)74-24-8-7-18-46-61(99)89-29-13-23-52(89)62(100)88-28-12-22-51(88)60(98)86-49(32-40-35-73-36-79-40)58(96)84-47(30-38-14-3-2-4-15-38)56(94)82-45(21-11-27-77-65(71)72)55(93)85-48(57(95)87-50(33-66)59(97)83-46)31-39-34-78-42-17-6-5-16-41(39)42/h2-6,14-17,34-36,43-52,78H,7-13,18-33,66H2,1H3,(H,73,79)(H,74,91)(H,80,90)(H,81,92)(H,82,94)(H,83,97)(H,84,96)(H,85,93)(H,86,98)(H,87,95)(H4,67,68,75)(H4,69,70,76)(H4,71,72,77)/t43-,44-,45-,46-,47+,48-,49-,50-,51-,52+/m0/s1. The molecule has 3 aliphatic heterocycles. The van der Waals surface area contributed by atoms with Crippen LogP contribution in [0.2, 0.25) is 0 Å². The molecule has 0 unspecified atom stereocenters. The summed E-state index contributed by atoms with van der Waals surface area (Å²) in [5.74, 6) is -8.84. The summed E-state index contributed by atoms with van der Waals surface area (Å²) in [5.41, 5.74) is 25.1. The maximum Gasteiger partial charge on any atom is 0.246 e. The molecule has 35 nitrogen and oxygen atoms in total. The van der Waals surface area contributed by atoms with Gasteiger partial charge in [-0.1, -0.05) is 48.5 Å². The molecule has 0 saturated carbocycles. The third-order valence-electron chi connectivity index (χ3n) is 17.5. The van der Waals surface area contributed by atoms with Crippen LogP contribution in [0.15, 0.2) is 73.3 Å². The van der Waals surface area contributed by atoms with Crippen molar-refractivity contribution < 1.29 is 52.7 Å². The third-order valence-corrected chi connectivity index (χ3v) is 17.5. The van der Waals surface area contributed by atoms with Crippen molar-refractivity contribution >= 4 is 93.8 Å². The van der Waals surface area contributed by atoms with Gasteiger partial charge >= 0.3 is 0 Å². The van der Waals surface area contributed by atoms with Crippen molar-refractivity contribution in [2.24, 2.45) is 22.9 Å². The van der Waals surface area contributed by atoms with Gasteiger partial charge in [0.1, 0.15) is 60.4 Å². The minimum atomic E-state index is -1.55. The van der Waals surface area contributed by atoms with Crippen LogP contribution >= 0.6 is 0 Å². The van der Waals surface area contributed by atoms with Gasteiger partial charge in [0.15, 0.2) is 17.9 Å². The first kappa shape index (κ1) is 76.5. The van der Waals surface area contributed by atoms with Gasteiger partial charge < -0.3 is 107 Å². The molecule has 5 heterocycles. The lowest BCUT2D eigenvalue weighted by atomic mass is 10.0. The number of aromatic amines is 2. The Morgan fingerprint density at radius 2 is 1.05 bits per heavy atom. The molecule has 0 radical (unpaired) electrons. The molecular formula is C65H96N24O11. The van der Waals surface area contributed by atoms with Crippen LogP contribution < -0.4 is 86.7 Å². The highest BCUT2D eigenvalue weighted by atomic mass is 16.2. The van der Waals surface area contributed by atoms with Gasteiger partial charge in [-0.15, -0.1) is 0 Å². The van der Waals surface area contributed by atoms with E-state index in [4.69, 9.17) is 39.2 Å². The van der Waals surface area contributed by atoms with Crippen LogP contribution in [0.25, 0.3) is 10.9 Å². The Labute approximate surface area is 578 Å². The fourth-order valence-corrected chi connectivity index (χ4v) is 12.4. The first-order valence-electron chi connectivity index (χ1n) is 33.8. The maximum atomic E-state index is 15.2. The highest BCUT2D eigenvalue weighted by molar-refractivity contribution is 6.00. The van der Waals surface area contributed by atoms with Crippen LogP contribution in [0.5, 0.6) is 0 Å². The lowest BCUT2D eigenvalue weighted by Crippen LogP contribution is -2.62. The van der Waals surface area contributed by atoms with Gasteiger partial charge in [-0.25, -0.2) is 4.98 Å². The zero-order chi connectivity index (χ0) is 72.3. The van der Waals surface area contributed by atoms with E-state index in [9.17, 15) is 43.2 Å². The molecule has 100 heavy (non-hydrogen) atoms. The van der Waals surface area contributed by atoms with E-state index in [2.05, 4.69) is 78.8 Å². The van der Waals surface area contributed by atoms with Crippen LogP contribution in [0.3, 0.4) is 0 Å². The molecule has 3 fully saturated rings. The number of guanidine groups is 3. The van der Waals surface area contributed by atoms with Crippen LogP contribution in [0.1, 0.15) is 107 Å². The number of hydrogen-bond donors (Lipinski definition) is 21. The first-order valence-corrected chi connectivity index (χ1v) is 33.8. The number of H-pyrrole nitrogens is 2. The number of amides is 11. The number of hydrogen-bond acceptors (Lipinski definition) is 16. The Bertz CT molecular complexity index is 3520. The van der Waals surface area contributed by atoms with Gasteiger partial charge in [0.25, 0.3) is 0 Å². The number of rotatable bonds is 28. The summed E-state index contributed by atoms with van der Waals surface area (Å²) in [6.07, 6.45) is 6.31. The monoisotopic (exact) mass is 1390 g/mol. The highest BCUT2D eigenvalue weighted by Gasteiger charge is 2.45. The Balaban J connectivity index is 1.20. The number of nitrogens with zero attached hydrogens (tertiary/aromatic N) is 3. The average Bonchev–Trinajstić information content (AvgIpc) is 1.71. The molecule has 7 rings (SSSR count). The molecule has 11 amide bonds. The number of aromatic nitrogens is 3. The number of para-hydroxylation sites is 1. The van der Waals surface area contributed by atoms with E-state index in [-0.39, 0.29) is 141 Å². The summed E-state index contributed by atoms with van der Waals surface area (Å²) >= 11 is 0. The summed E-state index contributed by atoms with van der Waals surface area (Å²) in [6.45, 7) is 1.40. The van der Waals surface area contributed by atoms with E-state index < -0.39 is 132 Å². The maximum absolute atomic E-state index is 15.2. The van der Waals surface area contributed by atoms with Gasteiger partial charge in [0, 0.05) is 101 Å². The second kappa shape index (κ2) is 38.3. The second-order valence-electron chi connectivity index (χ2n) is 25.1. The Morgan fingerprint density at radius 3 is 1.67 bits per heavy atom. The van der Waals surface area contributed by atoms with Crippen LogP contribution in [0.4, 0.5) is 0 Å². The predicted octanol–water partition coefficient (Wildman–Crippen LogP) is -4.15. The van der Waals surface area contributed by atoms with Crippen molar-refractivity contribution in [1.29, 1.82) is 16.2 Å². The number of nitrogens with two attached hydrogens (primary N) is 4. The topological polar surface area (TPSA) is 559 Å².